The highest BCUT2D eigenvalue weighted by molar-refractivity contribution is 7.90. The van der Waals surface area contributed by atoms with E-state index >= 15 is 0 Å². The summed E-state index contributed by atoms with van der Waals surface area (Å²) in [4.78, 5) is 0.130. The van der Waals surface area contributed by atoms with E-state index in [1.54, 1.807) is 25.1 Å². The number of halogens is 1. The van der Waals surface area contributed by atoms with Crippen LogP contribution in [0.25, 0.3) is 0 Å². The number of sulfone groups is 1. The number of rotatable bonds is 3. The fourth-order valence-corrected chi connectivity index (χ4v) is 3.63. The van der Waals surface area contributed by atoms with Gasteiger partial charge >= 0.3 is 0 Å². The lowest BCUT2D eigenvalue weighted by molar-refractivity contribution is 0.595. The smallest absolute Gasteiger partial charge is 0.182 e. The van der Waals surface area contributed by atoms with E-state index < -0.39 is 9.84 Å². The molecule has 2 aromatic carbocycles. The molecule has 0 saturated carbocycles. The molecule has 0 saturated heterocycles. The Hall–Kier alpha value is -2.03. The number of benzene rings is 2. The predicted octanol–water partition coefficient (Wildman–Crippen LogP) is 3.08. The van der Waals surface area contributed by atoms with Crippen molar-refractivity contribution >= 4 is 27.1 Å². The Morgan fingerprint density at radius 3 is 2.52 bits per heavy atom. The summed E-state index contributed by atoms with van der Waals surface area (Å²) in [6, 6.07) is 11.2. The first-order chi connectivity index (χ1) is 9.83. The van der Waals surface area contributed by atoms with Crippen molar-refractivity contribution in [3.05, 3.63) is 58.1 Å². The number of hydrogen-bond donors (Lipinski definition) is 1. The Labute approximate surface area is 128 Å². The van der Waals surface area contributed by atoms with Gasteiger partial charge in [-0.15, -0.1) is 0 Å². The molecule has 0 aromatic heterocycles. The first kappa shape index (κ1) is 15.4. The zero-order valence-corrected chi connectivity index (χ0v) is 12.9. The summed E-state index contributed by atoms with van der Waals surface area (Å²) in [6.45, 7) is 1.78. The number of aryl methyl sites for hydroxylation is 1. The summed E-state index contributed by atoms with van der Waals surface area (Å²) < 4.78 is 24.8. The van der Waals surface area contributed by atoms with Gasteiger partial charge in [0.15, 0.2) is 9.84 Å². The van der Waals surface area contributed by atoms with Gasteiger partial charge in [-0.1, -0.05) is 17.7 Å². The first-order valence-electron chi connectivity index (χ1n) is 6.11. The second-order valence-corrected chi connectivity index (χ2v) is 7.09. The topological polar surface area (TPSA) is 84.0 Å². The third-order valence-electron chi connectivity index (χ3n) is 3.15. The van der Waals surface area contributed by atoms with Gasteiger partial charge in [0, 0.05) is 0 Å². The molecule has 0 aliphatic carbocycles. The van der Waals surface area contributed by atoms with Crippen LogP contribution in [0.2, 0.25) is 5.02 Å². The standard InChI is InChI=1S/C15H13ClN2O2S/c1-10-6-11(8-17)2-3-12(10)9-21(19,20)13-4-5-15(18)14(16)7-13/h2-7H,9,18H2,1H3. The van der Waals surface area contributed by atoms with Gasteiger partial charge in [0.05, 0.1) is 33.0 Å². The van der Waals surface area contributed by atoms with Crippen LogP contribution < -0.4 is 5.73 Å². The molecule has 2 rings (SSSR count). The Morgan fingerprint density at radius 2 is 1.95 bits per heavy atom. The van der Waals surface area contributed by atoms with Crippen molar-refractivity contribution in [2.45, 2.75) is 17.6 Å². The van der Waals surface area contributed by atoms with Crippen LogP contribution >= 0.6 is 11.6 Å². The van der Waals surface area contributed by atoms with Crippen LogP contribution in [0.15, 0.2) is 41.3 Å². The normalized spacial score (nSPS) is 11.1. The Bertz CT molecular complexity index is 839. The first-order valence-corrected chi connectivity index (χ1v) is 8.14. The Kier molecular flexibility index (Phi) is 4.21. The highest BCUT2D eigenvalue weighted by atomic mass is 35.5. The molecule has 0 amide bonds. The van der Waals surface area contributed by atoms with Gasteiger partial charge in [-0.25, -0.2) is 8.42 Å². The van der Waals surface area contributed by atoms with Crippen LogP contribution in [0.4, 0.5) is 5.69 Å². The second kappa shape index (κ2) is 5.76. The molecule has 4 nitrogen and oxygen atoms in total. The monoisotopic (exact) mass is 320 g/mol. The average Bonchev–Trinajstić information content (AvgIpc) is 2.43. The summed E-state index contributed by atoms with van der Waals surface area (Å²) in [7, 11) is -3.52. The second-order valence-electron chi connectivity index (χ2n) is 4.70. The molecule has 2 aromatic rings. The van der Waals surface area contributed by atoms with Crippen LogP contribution in [0.1, 0.15) is 16.7 Å². The van der Waals surface area contributed by atoms with Crippen molar-refractivity contribution < 1.29 is 8.42 Å². The quantitative estimate of drug-likeness (QED) is 0.881. The summed E-state index contributed by atoms with van der Waals surface area (Å²) in [6.07, 6.45) is 0. The van der Waals surface area contributed by atoms with Crippen molar-refractivity contribution in [1.29, 1.82) is 5.26 Å². The molecular formula is C15H13ClN2O2S. The molecule has 2 N–H and O–H groups in total. The van der Waals surface area contributed by atoms with E-state index in [1.807, 2.05) is 6.07 Å². The molecule has 0 radical (unpaired) electrons. The van der Waals surface area contributed by atoms with Crippen molar-refractivity contribution in [3.8, 4) is 6.07 Å². The van der Waals surface area contributed by atoms with E-state index in [0.717, 1.165) is 5.56 Å². The van der Waals surface area contributed by atoms with Crippen LogP contribution in [0.5, 0.6) is 0 Å². The molecular weight excluding hydrogens is 308 g/mol. The van der Waals surface area contributed by atoms with E-state index in [1.165, 1.54) is 18.2 Å². The summed E-state index contributed by atoms with van der Waals surface area (Å²) in [5.74, 6) is -0.148. The molecule has 108 valence electrons. The van der Waals surface area contributed by atoms with Gasteiger partial charge < -0.3 is 5.73 Å². The van der Waals surface area contributed by atoms with Crippen molar-refractivity contribution in [2.24, 2.45) is 0 Å². The van der Waals surface area contributed by atoms with Crippen molar-refractivity contribution in [1.82, 2.24) is 0 Å². The predicted molar refractivity (Wildman–Crippen MR) is 82.6 cm³/mol. The van der Waals surface area contributed by atoms with Crippen LogP contribution in [0, 0.1) is 18.3 Å². The zero-order valence-electron chi connectivity index (χ0n) is 11.3. The van der Waals surface area contributed by atoms with Crippen LogP contribution in [-0.2, 0) is 15.6 Å². The molecule has 0 bridgehead atoms. The molecule has 0 atom stereocenters. The maximum absolute atomic E-state index is 12.4. The van der Waals surface area contributed by atoms with Gasteiger partial charge in [0.2, 0.25) is 0 Å². The van der Waals surface area contributed by atoms with Gasteiger partial charge in [0.25, 0.3) is 0 Å². The number of hydrogen-bond acceptors (Lipinski definition) is 4. The fourth-order valence-electron chi connectivity index (χ4n) is 1.92. The minimum atomic E-state index is -3.52. The lowest BCUT2D eigenvalue weighted by atomic mass is 10.1. The minimum absolute atomic E-state index is 0.130. The van der Waals surface area contributed by atoms with Crippen LogP contribution in [0.3, 0.4) is 0 Å². The van der Waals surface area contributed by atoms with E-state index in [-0.39, 0.29) is 15.7 Å². The maximum Gasteiger partial charge on any atom is 0.182 e. The molecule has 0 aliphatic rings. The molecule has 6 heteroatoms. The Balaban J connectivity index is 2.37. The van der Waals surface area contributed by atoms with E-state index in [2.05, 4.69) is 0 Å². The average molecular weight is 321 g/mol. The largest absolute Gasteiger partial charge is 0.398 e. The molecule has 0 spiro atoms. The number of nitrogens with two attached hydrogens (primary N) is 1. The number of nitrogen functional groups attached to an aromatic ring is 1. The zero-order chi connectivity index (χ0) is 15.6. The number of nitriles is 1. The maximum atomic E-state index is 12.4. The van der Waals surface area contributed by atoms with Crippen LogP contribution in [-0.4, -0.2) is 8.42 Å². The van der Waals surface area contributed by atoms with E-state index in [4.69, 9.17) is 22.6 Å². The van der Waals surface area contributed by atoms with Crippen molar-refractivity contribution in [3.63, 3.8) is 0 Å². The van der Waals surface area contributed by atoms with Gasteiger partial charge in [0.1, 0.15) is 0 Å². The van der Waals surface area contributed by atoms with Gasteiger partial charge in [-0.2, -0.15) is 5.26 Å². The molecule has 0 aliphatic heterocycles. The SMILES string of the molecule is Cc1cc(C#N)ccc1CS(=O)(=O)c1ccc(N)c(Cl)c1. The summed E-state index contributed by atoms with van der Waals surface area (Å²) in [5.41, 5.74) is 7.84. The third kappa shape index (κ3) is 3.35. The lowest BCUT2D eigenvalue weighted by Crippen LogP contribution is -2.06. The third-order valence-corrected chi connectivity index (χ3v) is 5.14. The highest BCUT2D eigenvalue weighted by Gasteiger charge is 2.17. The summed E-state index contributed by atoms with van der Waals surface area (Å²) >= 11 is 5.87. The fraction of sp³-hybridized carbons (Fsp3) is 0.133. The van der Waals surface area contributed by atoms with E-state index in [0.29, 0.717) is 16.8 Å². The Morgan fingerprint density at radius 1 is 1.24 bits per heavy atom. The van der Waals surface area contributed by atoms with E-state index in [9.17, 15) is 8.42 Å². The van der Waals surface area contributed by atoms with Gasteiger partial charge in [-0.05, 0) is 48.4 Å². The lowest BCUT2D eigenvalue weighted by Gasteiger charge is -2.09. The summed E-state index contributed by atoms with van der Waals surface area (Å²) in [5, 5.41) is 9.04. The van der Waals surface area contributed by atoms with Crippen molar-refractivity contribution in [2.75, 3.05) is 5.73 Å². The minimum Gasteiger partial charge on any atom is -0.398 e. The molecule has 0 fully saturated rings. The number of nitrogens with zero attached hydrogens (tertiary/aromatic N) is 1. The van der Waals surface area contributed by atoms with Gasteiger partial charge in [-0.3, -0.25) is 0 Å². The molecule has 0 unspecified atom stereocenters. The highest BCUT2D eigenvalue weighted by Crippen LogP contribution is 2.25. The molecule has 21 heavy (non-hydrogen) atoms. The molecule has 0 heterocycles. The number of anilines is 1.